The van der Waals surface area contributed by atoms with Crippen LogP contribution in [0.4, 0.5) is 0 Å². The van der Waals surface area contributed by atoms with Crippen LogP contribution in [0, 0.1) is 0 Å². The molecule has 1 amide bonds. The van der Waals surface area contributed by atoms with Gasteiger partial charge in [0.05, 0.1) is 0 Å². The standard InChI is InChI=1S/C14H14N2OS/c15-13(17)12-8-18-14(16-12)11-6-5-9-3-1-2-4-10(9)7-11/h5-8H,1-4H2,(H2,15,17). The minimum atomic E-state index is -0.463. The molecule has 0 fully saturated rings. The van der Waals surface area contributed by atoms with Gasteiger partial charge in [-0.25, -0.2) is 4.98 Å². The molecule has 1 aliphatic carbocycles. The topological polar surface area (TPSA) is 56.0 Å². The van der Waals surface area contributed by atoms with E-state index in [2.05, 4.69) is 23.2 Å². The molecule has 0 bridgehead atoms. The first kappa shape index (κ1) is 11.4. The minimum absolute atomic E-state index is 0.354. The van der Waals surface area contributed by atoms with E-state index < -0.39 is 5.91 Å². The maximum absolute atomic E-state index is 11.0. The Labute approximate surface area is 110 Å². The van der Waals surface area contributed by atoms with E-state index in [0.717, 1.165) is 17.0 Å². The number of fused-ring (bicyclic) bond motifs is 1. The number of carbonyl (C=O) groups excluding carboxylic acids is 1. The number of amides is 1. The molecule has 0 saturated carbocycles. The average Bonchev–Trinajstić information content (AvgIpc) is 2.88. The summed E-state index contributed by atoms with van der Waals surface area (Å²) in [5.41, 5.74) is 9.55. The summed E-state index contributed by atoms with van der Waals surface area (Å²) in [4.78, 5) is 15.3. The third kappa shape index (κ3) is 2.04. The fourth-order valence-corrected chi connectivity index (χ4v) is 3.19. The molecule has 2 N–H and O–H groups in total. The van der Waals surface area contributed by atoms with Crippen LogP contribution < -0.4 is 5.73 Å². The van der Waals surface area contributed by atoms with Crippen molar-refractivity contribution in [3.63, 3.8) is 0 Å². The Morgan fingerprint density at radius 2 is 2.00 bits per heavy atom. The second-order valence-electron chi connectivity index (χ2n) is 4.59. The number of benzene rings is 1. The molecule has 0 radical (unpaired) electrons. The molecule has 0 unspecified atom stereocenters. The van der Waals surface area contributed by atoms with Gasteiger partial charge in [0.1, 0.15) is 10.7 Å². The van der Waals surface area contributed by atoms with Crippen LogP contribution >= 0.6 is 11.3 Å². The van der Waals surface area contributed by atoms with Gasteiger partial charge in [-0.15, -0.1) is 11.3 Å². The molecule has 92 valence electrons. The Balaban J connectivity index is 1.98. The van der Waals surface area contributed by atoms with Crippen molar-refractivity contribution in [1.82, 2.24) is 4.98 Å². The van der Waals surface area contributed by atoms with E-state index in [1.807, 2.05) is 0 Å². The Morgan fingerprint density at radius 3 is 2.72 bits per heavy atom. The second-order valence-corrected chi connectivity index (χ2v) is 5.45. The average molecular weight is 258 g/mol. The summed E-state index contributed by atoms with van der Waals surface area (Å²) in [6, 6.07) is 6.49. The lowest BCUT2D eigenvalue weighted by Crippen LogP contribution is -2.11. The van der Waals surface area contributed by atoms with Gasteiger partial charge in [0.15, 0.2) is 0 Å². The van der Waals surface area contributed by atoms with Crippen LogP contribution in [0.25, 0.3) is 10.6 Å². The maximum atomic E-state index is 11.0. The van der Waals surface area contributed by atoms with Gasteiger partial charge in [-0.05, 0) is 42.9 Å². The summed E-state index contributed by atoms with van der Waals surface area (Å²) in [6.45, 7) is 0. The summed E-state index contributed by atoms with van der Waals surface area (Å²) >= 11 is 1.47. The second kappa shape index (κ2) is 4.53. The van der Waals surface area contributed by atoms with Crippen LogP contribution in [-0.4, -0.2) is 10.9 Å². The molecule has 1 aromatic heterocycles. The van der Waals surface area contributed by atoms with Crippen LogP contribution in [0.3, 0.4) is 0 Å². The summed E-state index contributed by atoms with van der Waals surface area (Å²) in [5.74, 6) is -0.463. The zero-order valence-electron chi connectivity index (χ0n) is 9.98. The van der Waals surface area contributed by atoms with Gasteiger partial charge in [-0.1, -0.05) is 12.1 Å². The van der Waals surface area contributed by atoms with Gasteiger partial charge < -0.3 is 5.73 Å². The molecule has 1 aromatic carbocycles. The Kier molecular flexibility index (Phi) is 2.88. The molecule has 1 heterocycles. The SMILES string of the molecule is NC(=O)c1csc(-c2ccc3c(c2)CCCC3)n1. The molecule has 3 nitrogen and oxygen atoms in total. The third-order valence-electron chi connectivity index (χ3n) is 3.35. The highest BCUT2D eigenvalue weighted by atomic mass is 32.1. The highest BCUT2D eigenvalue weighted by molar-refractivity contribution is 7.13. The van der Waals surface area contributed by atoms with Crippen molar-refractivity contribution < 1.29 is 4.79 Å². The number of hydrogen-bond donors (Lipinski definition) is 1. The summed E-state index contributed by atoms with van der Waals surface area (Å²) < 4.78 is 0. The van der Waals surface area contributed by atoms with Crippen LogP contribution in [-0.2, 0) is 12.8 Å². The molecular formula is C14H14N2OS. The van der Waals surface area contributed by atoms with Crippen molar-refractivity contribution in [2.45, 2.75) is 25.7 Å². The highest BCUT2D eigenvalue weighted by Crippen LogP contribution is 2.29. The number of carbonyl (C=O) groups is 1. The number of nitrogens with two attached hydrogens (primary N) is 1. The monoisotopic (exact) mass is 258 g/mol. The minimum Gasteiger partial charge on any atom is -0.364 e. The van der Waals surface area contributed by atoms with E-state index in [1.54, 1.807) is 5.38 Å². The number of aryl methyl sites for hydroxylation is 2. The molecule has 18 heavy (non-hydrogen) atoms. The van der Waals surface area contributed by atoms with Gasteiger partial charge in [0.2, 0.25) is 0 Å². The predicted molar refractivity (Wildman–Crippen MR) is 72.7 cm³/mol. The van der Waals surface area contributed by atoms with E-state index in [1.165, 1.54) is 41.7 Å². The van der Waals surface area contributed by atoms with Gasteiger partial charge in [-0.2, -0.15) is 0 Å². The van der Waals surface area contributed by atoms with Gasteiger partial charge in [-0.3, -0.25) is 4.79 Å². The number of nitrogens with zero attached hydrogens (tertiary/aromatic N) is 1. The zero-order chi connectivity index (χ0) is 12.5. The number of primary amides is 1. The number of thiazole rings is 1. The predicted octanol–water partition coefficient (Wildman–Crippen LogP) is 2.79. The first-order chi connectivity index (χ1) is 8.74. The molecule has 0 saturated heterocycles. The summed E-state index contributed by atoms with van der Waals surface area (Å²) in [5, 5.41) is 2.59. The quantitative estimate of drug-likeness (QED) is 0.900. The normalized spacial score (nSPS) is 14.2. The summed E-state index contributed by atoms with van der Waals surface area (Å²) in [7, 11) is 0. The van der Waals surface area contributed by atoms with Crippen molar-refractivity contribution in [2.24, 2.45) is 5.73 Å². The number of rotatable bonds is 2. The smallest absolute Gasteiger partial charge is 0.268 e. The molecule has 0 atom stereocenters. The van der Waals surface area contributed by atoms with Crippen molar-refractivity contribution in [1.29, 1.82) is 0 Å². The number of hydrogen-bond acceptors (Lipinski definition) is 3. The largest absolute Gasteiger partial charge is 0.364 e. The van der Waals surface area contributed by atoms with Gasteiger partial charge >= 0.3 is 0 Å². The Bertz CT molecular complexity index is 604. The number of aromatic nitrogens is 1. The van der Waals surface area contributed by atoms with Crippen molar-refractivity contribution in [2.75, 3.05) is 0 Å². The summed E-state index contributed by atoms with van der Waals surface area (Å²) in [6.07, 6.45) is 4.88. The van der Waals surface area contributed by atoms with Crippen molar-refractivity contribution in [3.8, 4) is 10.6 Å². The fourth-order valence-electron chi connectivity index (χ4n) is 2.39. The molecule has 4 heteroatoms. The van der Waals surface area contributed by atoms with E-state index in [9.17, 15) is 4.79 Å². The molecule has 0 spiro atoms. The Hall–Kier alpha value is -1.68. The van der Waals surface area contributed by atoms with Crippen LogP contribution in [0.15, 0.2) is 23.6 Å². The fraction of sp³-hybridized carbons (Fsp3) is 0.286. The van der Waals surface area contributed by atoms with E-state index in [0.29, 0.717) is 5.69 Å². The molecular weight excluding hydrogens is 244 g/mol. The van der Waals surface area contributed by atoms with E-state index in [-0.39, 0.29) is 0 Å². The molecule has 2 aromatic rings. The van der Waals surface area contributed by atoms with Gasteiger partial charge in [0.25, 0.3) is 5.91 Å². The highest BCUT2D eigenvalue weighted by Gasteiger charge is 2.13. The van der Waals surface area contributed by atoms with Crippen LogP contribution in [0.2, 0.25) is 0 Å². The van der Waals surface area contributed by atoms with E-state index in [4.69, 9.17) is 5.73 Å². The maximum Gasteiger partial charge on any atom is 0.268 e. The lowest BCUT2D eigenvalue weighted by atomic mass is 9.90. The van der Waals surface area contributed by atoms with Crippen molar-refractivity contribution >= 4 is 17.2 Å². The van der Waals surface area contributed by atoms with Crippen LogP contribution in [0.1, 0.15) is 34.5 Å². The molecule has 1 aliphatic rings. The molecule has 0 aliphatic heterocycles. The van der Waals surface area contributed by atoms with Crippen LogP contribution in [0.5, 0.6) is 0 Å². The third-order valence-corrected chi connectivity index (χ3v) is 4.24. The first-order valence-corrected chi connectivity index (χ1v) is 6.99. The lowest BCUT2D eigenvalue weighted by Gasteiger charge is -2.15. The van der Waals surface area contributed by atoms with Crippen molar-refractivity contribution in [3.05, 3.63) is 40.4 Å². The Morgan fingerprint density at radius 1 is 1.22 bits per heavy atom. The first-order valence-electron chi connectivity index (χ1n) is 6.11. The van der Waals surface area contributed by atoms with Gasteiger partial charge in [0, 0.05) is 10.9 Å². The lowest BCUT2D eigenvalue weighted by molar-refractivity contribution is 0.0996. The van der Waals surface area contributed by atoms with E-state index >= 15 is 0 Å². The molecule has 3 rings (SSSR count). The zero-order valence-corrected chi connectivity index (χ0v) is 10.8.